The van der Waals surface area contributed by atoms with E-state index in [9.17, 15) is 15.3 Å². The fourth-order valence-corrected chi connectivity index (χ4v) is 3.52. The minimum Gasteiger partial charge on any atom is -0.394 e. The lowest BCUT2D eigenvalue weighted by Gasteiger charge is -2.39. The second kappa shape index (κ2) is 15.7. The highest BCUT2D eigenvalue weighted by molar-refractivity contribution is 4.88. The molecule has 0 aromatic carbocycles. The Morgan fingerprint density at radius 2 is 1.15 bits per heavy atom. The molecule has 0 radical (unpaired) electrons. The van der Waals surface area contributed by atoms with Crippen molar-refractivity contribution < 1.29 is 29.9 Å². The normalized spacial score (nSPS) is 28.6. The maximum Gasteiger partial charge on any atom is 0.186 e. The number of hydrogen-bond acceptors (Lipinski definition) is 6. The number of ether oxygens (including phenoxy) is 2. The Kier molecular flexibility index (Phi) is 14.4. The van der Waals surface area contributed by atoms with E-state index in [4.69, 9.17) is 14.6 Å². The van der Waals surface area contributed by atoms with Crippen molar-refractivity contribution in [2.75, 3.05) is 13.2 Å². The molecule has 0 spiro atoms. The highest BCUT2D eigenvalue weighted by Gasteiger charge is 2.43. The van der Waals surface area contributed by atoms with Gasteiger partial charge in [-0.15, -0.1) is 0 Å². The first-order chi connectivity index (χ1) is 13.1. The number of aliphatic hydroxyl groups is 4. The van der Waals surface area contributed by atoms with Crippen LogP contribution in [-0.4, -0.2) is 64.3 Å². The molecule has 1 aliphatic rings. The molecule has 5 atom stereocenters. The summed E-state index contributed by atoms with van der Waals surface area (Å²) in [6.07, 6.45) is 10.6. The van der Waals surface area contributed by atoms with Gasteiger partial charge in [0, 0.05) is 6.61 Å². The van der Waals surface area contributed by atoms with E-state index >= 15 is 0 Å². The van der Waals surface area contributed by atoms with Crippen molar-refractivity contribution in [3.63, 3.8) is 0 Å². The van der Waals surface area contributed by atoms with Gasteiger partial charge >= 0.3 is 0 Å². The maximum atomic E-state index is 9.88. The van der Waals surface area contributed by atoms with Crippen LogP contribution in [0.1, 0.15) is 90.4 Å². The molecular weight excluding hydrogens is 348 g/mol. The standard InChI is InChI=1S/C21H42O6/c1-2-3-4-5-6-7-8-9-10-11-12-13-14-15-26-21-20(25)19(24)18(23)17(16-22)27-21/h17-25H,2-16H2,1H3/t17-,18-,19+,20-,21+/m1/s1. The van der Waals surface area contributed by atoms with Gasteiger partial charge in [-0.3, -0.25) is 0 Å². The Morgan fingerprint density at radius 1 is 0.667 bits per heavy atom. The summed E-state index contributed by atoms with van der Waals surface area (Å²) >= 11 is 0. The fraction of sp³-hybridized carbons (Fsp3) is 1.00. The Hall–Kier alpha value is -0.240. The van der Waals surface area contributed by atoms with Gasteiger partial charge in [-0.05, 0) is 6.42 Å². The zero-order chi connectivity index (χ0) is 19.9. The van der Waals surface area contributed by atoms with E-state index in [1.54, 1.807) is 0 Å². The van der Waals surface area contributed by atoms with E-state index in [0.29, 0.717) is 6.61 Å². The Bertz CT molecular complexity index is 339. The second-order valence-electron chi connectivity index (χ2n) is 7.81. The third-order valence-electron chi connectivity index (χ3n) is 5.38. The molecule has 0 bridgehead atoms. The molecule has 0 saturated carbocycles. The Labute approximate surface area is 164 Å². The van der Waals surface area contributed by atoms with Crippen molar-refractivity contribution in [2.45, 2.75) is 121 Å². The summed E-state index contributed by atoms with van der Waals surface area (Å²) in [6.45, 7) is 2.26. The highest BCUT2D eigenvalue weighted by atomic mass is 16.7. The summed E-state index contributed by atoms with van der Waals surface area (Å²) in [5.41, 5.74) is 0. The molecule has 0 aliphatic carbocycles. The van der Waals surface area contributed by atoms with Crippen LogP contribution in [0.5, 0.6) is 0 Å². The average Bonchev–Trinajstić information content (AvgIpc) is 2.68. The van der Waals surface area contributed by atoms with Gasteiger partial charge in [0.15, 0.2) is 6.29 Å². The smallest absolute Gasteiger partial charge is 0.186 e. The molecule has 6 heteroatoms. The lowest BCUT2D eigenvalue weighted by atomic mass is 9.99. The van der Waals surface area contributed by atoms with Crippen molar-refractivity contribution in [3.8, 4) is 0 Å². The molecule has 0 aromatic rings. The van der Waals surface area contributed by atoms with Gasteiger partial charge < -0.3 is 29.9 Å². The Balaban J connectivity index is 1.92. The van der Waals surface area contributed by atoms with E-state index < -0.39 is 37.3 Å². The molecule has 0 amide bonds. The maximum absolute atomic E-state index is 9.88. The molecule has 0 unspecified atom stereocenters. The van der Waals surface area contributed by atoms with E-state index in [-0.39, 0.29) is 0 Å². The first-order valence-electron chi connectivity index (χ1n) is 11.0. The van der Waals surface area contributed by atoms with E-state index in [2.05, 4.69) is 6.92 Å². The molecule has 6 nitrogen and oxygen atoms in total. The highest BCUT2D eigenvalue weighted by Crippen LogP contribution is 2.22. The van der Waals surface area contributed by atoms with Crippen LogP contribution in [0, 0.1) is 0 Å². The minimum atomic E-state index is -1.37. The first kappa shape index (κ1) is 24.8. The molecule has 1 rings (SSSR count). The third-order valence-corrected chi connectivity index (χ3v) is 5.38. The summed E-state index contributed by atoms with van der Waals surface area (Å²) < 4.78 is 10.8. The largest absolute Gasteiger partial charge is 0.394 e. The van der Waals surface area contributed by atoms with Crippen LogP contribution in [0.4, 0.5) is 0 Å². The van der Waals surface area contributed by atoms with Crippen molar-refractivity contribution in [3.05, 3.63) is 0 Å². The topological polar surface area (TPSA) is 99.4 Å². The SMILES string of the molecule is CCCCCCCCCCCCCCCO[C@H]1O[C@H](CO)[C@@H](O)[C@H](O)[C@H]1O. The lowest BCUT2D eigenvalue weighted by Crippen LogP contribution is -2.59. The number of hydrogen-bond donors (Lipinski definition) is 4. The fourth-order valence-electron chi connectivity index (χ4n) is 3.52. The van der Waals surface area contributed by atoms with Crippen LogP contribution in [0.3, 0.4) is 0 Å². The summed E-state index contributed by atoms with van der Waals surface area (Å²) in [4.78, 5) is 0. The van der Waals surface area contributed by atoms with Crippen molar-refractivity contribution in [1.29, 1.82) is 0 Å². The van der Waals surface area contributed by atoms with Gasteiger partial charge in [-0.25, -0.2) is 0 Å². The molecule has 0 aromatic heterocycles. The number of rotatable bonds is 16. The zero-order valence-corrected chi connectivity index (χ0v) is 17.1. The van der Waals surface area contributed by atoms with Crippen LogP contribution >= 0.6 is 0 Å². The van der Waals surface area contributed by atoms with E-state index in [1.807, 2.05) is 0 Å². The van der Waals surface area contributed by atoms with Crippen LogP contribution in [-0.2, 0) is 9.47 Å². The number of unbranched alkanes of at least 4 members (excludes halogenated alkanes) is 12. The van der Waals surface area contributed by atoms with Crippen LogP contribution < -0.4 is 0 Å². The molecule has 162 valence electrons. The summed E-state index contributed by atoms with van der Waals surface area (Å²) in [5.74, 6) is 0. The quantitative estimate of drug-likeness (QED) is 0.303. The molecule has 1 fully saturated rings. The average molecular weight is 391 g/mol. The van der Waals surface area contributed by atoms with Crippen LogP contribution in [0.25, 0.3) is 0 Å². The lowest BCUT2D eigenvalue weighted by molar-refractivity contribution is -0.301. The molecule has 1 heterocycles. The van der Waals surface area contributed by atoms with Crippen LogP contribution in [0.2, 0.25) is 0 Å². The van der Waals surface area contributed by atoms with E-state index in [1.165, 1.54) is 70.6 Å². The summed E-state index contributed by atoms with van der Waals surface area (Å²) in [6, 6.07) is 0. The van der Waals surface area contributed by atoms with Gasteiger partial charge in [0.1, 0.15) is 24.4 Å². The van der Waals surface area contributed by atoms with Crippen molar-refractivity contribution >= 4 is 0 Å². The van der Waals surface area contributed by atoms with Gasteiger partial charge in [0.2, 0.25) is 0 Å². The number of aliphatic hydroxyl groups excluding tert-OH is 4. The predicted octanol–water partition coefficient (Wildman–Crippen LogP) is 2.89. The zero-order valence-electron chi connectivity index (χ0n) is 17.1. The molecule has 27 heavy (non-hydrogen) atoms. The van der Waals surface area contributed by atoms with Gasteiger partial charge in [-0.2, -0.15) is 0 Å². The van der Waals surface area contributed by atoms with Crippen molar-refractivity contribution in [1.82, 2.24) is 0 Å². The van der Waals surface area contributed by atoms with Gasteiger partial charge in [0.25, 0.3) is 0 Å². The van der Waals surface area contributed by atoms with Crippen molar-refractivity contribution in [2.24, 2.45) is 0 Å². The minimum absolute atomic E-state index is 0.427. The molecular formula is C21H42O6. The third kappa shape index (κ3) is 10.2. The monoisotopic (exact) mass is 390 g/mol. The summed E-state index contributed by atoms with van der Waals surface area (Å²) in [5, 5.41) is 38.5. The molecule has 1 saturated heterocycles. The molecule has 1 aliphatic heterocycles. The van der Waals surface area contributed by atoms with Gasteiger partial charge in [-0.1, -0.05) is 84.0 Å². The predicted molar refractivity (Wildman–Crippen MR) is 105 cm³/mol. The van der Waals surface area contributed by atoms with E-state index in [0.717, 1.165) is 12.8 Å². The first-order valence-corrected chi connectivity index (χ1v) is 11.0. The Morgan fingerprint density at radius 3 is 1.63 bits per heavy atom. The van der Waals surface area contributed by atoms with Gasteiger partial charge in [0.05, 0.1) is 6.61 Å². The molecule has 4 N–H and O–H groups in total. The summed E-state index contributed by atoms with van der Waals surface area (Å²) in [7, 11) is 0. The van der Waals surface area contributed by atoms with Crippen LogP contribution in [0.15, 0.2) is 0 Å². The second-order valence-corrected chi connectivity index (χ2v) is 7.81.